The van der Waals surface area contributed by atoms with Crippen LogP contribution >= 0.6 is 11.6 Å². The number of carbonyl (C=O) groups is 1. The Morgan fingerprint density at radius 3 is 2.87 bits per heavy atom. The number of anilines is 2. The number of nitrogens with one attached hydrogen (secondary N) is 2. The Hall–Kier alpha value is -3.00. The zero-order valence-electron chi connectivity index (χ0n) is 12.1. The molecule has 0 unspecified atom stereocenters. The van der Waals surface area contributed by atoms with E-state index in [0.717, 1.165) is 5.56 Å². The lowest BCUT2D eigenvalue weighted by Crippen LogP contribution is -2.21. The molecule has 9 heteroatoms. The lowest BCUT2D eigenvalue weighted by Gasteiger charge is -2.10. The van der Waals surface area contributed by atoms with Gasteiger partial charge in [-0.2, -0.15) is 5.10 Å². The summed E-state index contributed by atoms with van der Waals surface area (Å²) in [6.07, 6.45) is 4.22. The molecule has 2 heterocycles. The van der Waals surface area contributed by atoms with Gasteiger partial charge < -0.3 is 5.32 Å². The Morgan fingerprint density at radius 1 is 1.22 bits per heavy atom. The number of nitrogens with zero attached hydrogens (tertiary/aromatic N) is 5. The average Bonchev–Trinajstić information content (AvgIpc) is 3.06. The summed E-state index contributed by atoms with van der Waals surface area (Å²) < 4.78 is 1.46. The van der Waals surface area contributed by atoms with Crippen LogP contribution in [0.2, 0.25) is 5.02 Å². The van der Waals surface area contributed by atoms with E-state index in [2.05, 4.69) is 30.7 Å². The highest BCUT2D eigenvalue weighted by Gasteiger charge is 2.08. The van der Waals surface area contributed by atoms with E-state index in [9.17, 15) is 4.79 Å². The highest BCUT2D eigenvalue weighted by molar-refractivity contribution is 6.31. The lowest BCUT2D eigenvalue weighted by atomic mass is 10.2. The van der Waals surface area contributed by atoms with Crippen molar-refractivity contribution >= 4 is 29.1 Å². The number of aromatic nitrogens is 5. The van der Waals surface area contributed by atoms with Crippen LogP contribution < -0.4 is 10.6 Å². The van der Waals surface area contributed by atoms with Gasteiger partial charge in [-0.1, -0.05) is 17.7 Å². The van der Waals surface area contributed by atoms with Gasteiger partial charge in [0.25, 0.3) is 0 Å². The van der Waals surface area contributed by atoms with Crippen LogP contribution in [0.3, 0.4) is 0 Å². The maximum atomic E-state index is 12.1. The SMILES string of the molecule is Cc1c(Cl)cccc1NC(=O)Nc1cc(-n2cncn2)ncn1. The fraction of sp³-hybridized carbons (Fsp3) is 0.0714. The molecular formula is C14H12ClN7O. The molecule has 2 amide bonds. The molecule has 2 aromatic heterocycles. The molecule has 0 atom stereocenters. The van der Waals surface area contributed by atoms with Gasteiger partial charge in [-0.3, -0.25) is 5.32 Å². The maximum Gasteiger partial charge on any atom is 0.324 e. The summed E-state index contributed by atoms with van der Waals surface area (Å²) in [7, 11) is 0. The Balaban J connectivity index is 1.73. The smallest absolute Gasteiger partial charge is 0.307 e. The maximum absolute atomic E-state index is 12.1. The molecule has 0 radical (unpaired) electrons. The Morgan fingerprint density at radius 2 is 2.09 bits per heavy atom. The lowest BCUT2D eigenvalue weighted by molar-refractivity contribution is 0.262. The molecule has 0 bridgehead atoms. The minimum Gasteiger partial charge on any atom is -0.307 e. The molecule has 0 spiro atoms. The van der Waals surface area contributed by atoms with Crippen LogP contribution in [0.25, 0.3) is 5.82 Å². The van der Waals surface area contributed by atoms with E-state index >= 15 is 0 Å². The molecule has 0 fully saturated rings. The van der Waals surface area contributed by atoms with Crippen LogP contribution in [-0.2, 0) is 0 Å². The third-order valence-corrected chi connectivity index (χ3v) is 3.47. The second-order valence-corrected chi connectivity index (χ2v) is 5.00. The van der Waals surface area contributed by atoms with Crippen LogP contribution in [0.4, 0.5) is 16.3 Å². The fourth-order valence-corrected chi connectivity index (χ4v) is 2.05. The third-order valence-electron chi connectivity index (χ3n) is 3.06. The number of urea groups is 1. The normalized spacial score (nSPS) is 10.3. The van der Waals surface area contributed by atoms with Crippen molar-refractivity contribution in [3.63, 3.8) is 0 Å². The van der Waals surface area contributed by atoms with Gasteiger partial charge in [0.15, 0.2) is 5.82 Å². The monoisotopic (exact) mass is 329 g/mol. The summed E-state index contributed by atoms with van der Waals surface area (Å²) in [4.78, 5) is 24.0. The standard InChI is InChI=1S/C14H12ClN7O/c1-9-10(15)3-2-4-11(9)20-14(23)21-12-5-13(18-7-17-12)22-8-16-6-19-22/h2-8H,1H3,(H2,17,18,20,21,23). The van der Waals surface area contributed by atoms with Gasteiger partial charge in [0, 0.05) is 16.8 Å². The van der Waals surface area contributed by atoms with Crippen LogP contribution in [0, 0.1) is 6.92 Å². The molecule has 0 aliphatic carbocycles. The second kappa shape index (κ2) is 6.41. The Bertz CT molecular complexity index is 835. The van der Waals surface area contributed by atoms with Crippen molar-refractivity contribution in [3.8, 4) is 5.82 Å². The molecule has 2 N–H and O–H groups in total. The van der Waals surface area contributed by atoms with Crippen molar-refractivity contribution in [2.75, 3.05) is 10.6 Å². The largest absolute Gasteiger partial charge is 0.324 e. The summed E-state index contributed by atoms with van der Waals surface area (Å²) in [5.41, 5.74) is 1.41. The van der Waals surface area contributed by atoms with Gasteiger partial charge in [-0.25, -0.2) is 24.4 Å². The number of benzene rings is 1. The van der Waals surface area contributed by atoms with Gasteiger partial charge in [-0.15, -0.1) is 0 Å². The molecule has 1 aromatic carbocycles. The predicted octanol–water partition coefficient (Wildman–Crippen LogP) is 2.66. The molecule has 0 saturated carbocycles. The van der Waals surface area contributed by atoms with E-state index in [0.29, 0.717) is 22.3 Å². The molecule has 0 saturated heterocycles. The van der Waals surface area contributed by atoms with E-state index in [1.807, 2.05) is 6.92 Å². The number of amides is 2. The minimum atomic E-state index is -0.432. The highest BCUT2D eigenvalue weighted by atomic mass is 35.5. The number of rotatable bonds is 3. The first kappa shape index (κ1) is 14.9. The van der Waals surface area contributed by atoms with Crippen LogP contribution in [0.5, 0.6) is 0 Å². The summed E-state index contributed by atoms with van der Waals surface area (Å²) in [5.74, 6) is 0.828. The first-order valence-electron chi connectivity index (χ1n) is 6.63. The zero-order valence-corrected chi connectivity index (χ0v) is 12.8. The molecule has 23 heavy (non-hydrogen) atoms. The molecule has 116 valence electrons. The second-order valence-electron chi connectivity index (χ2n) is 4.59. The summed E-state index contributed by atoms with van der Waals surface area (Å²) in [6.45, 7) is 1.82. The predicted molar refractivity (Wildman–Crippen MR) is 85.8 cm³/mol. The number of hydrogen-bond donors (Lipinski definition) is 2. The number of hydrogen-bond acceptors (Lipinski definition) is 5. The van der Waals surface area contributed by atoms with Gasteiger partial charge >= 0.3 is 6.03 Å². The van der Waals surface area contributed by atoms with Crippen molar-refractivity contribution in [1.82, 2.24) is 24.7 Å². The van der Waals surface area contributed by atoms with Crippen molar-refractivity contribution in [2.45, 2.75) is 6.92 Å². The van der Waals surface area contributed by atoms with E-state index in [4.69, 9.17) is 11.6 Å². The molecule has 3 aromatic rings. The van der Waals surface area contributed by atoms with Crippen LogP contribution in [0.15, 0.2) is 43.2 Å². The van der Waals surface area contributed by atoms with E-state index < -0.39 is 6.03 Å². The molecule has 0 aliphatic heterocycles. The van der Waals surface area contributed by atoms with Gasteiger partial charge in [0.2, 0.25) is 0 Å². The summed E-state index contributed by atoms with van der Waals surface area (Å²) in [6, 6.07) is 6.44. The molecular weight excluding hydrogens is 318 g/mol. The van der Waals surface area contributed by atoms with E-state index in [1.54, 1.807) is 24.3 Å². The van der Waals surface area contributed by atoms with Gasteiger partial charge in [0.1, 0.15) is 24.8 Å². The Labute approximate surface area is 136 Å². The van der Waals surface area contributed by atoms with E-state index in [-0.39, 0.29) is 0 Å². The first-order valence-corrected chi connectivity index (χ1v) is 7.01. The van der Waals surface area contributed by atoms with Crippen molar-refractivity contribution in [1.29, 1.82) is 0 Å². The van der Waals surface area contributed by atoms with Crippen molar-refractivity contribution in [3.05, 3.63) is 53.8 Å². The zero-order chi connectivity index (χ0) is 16.2. The average molecular weight is 330 g/mol. The van der Waals surface area contributed by atoms with Crippen molar-refractivity contribution < 1.29 is 4.79 Å². The molecule has 3 rings (SSSR count). The first-order chi connectivity index (χ1) is 11.1. The number of carbonyl (C=O) groups excluding carboxylic acids is 1. The van der Waals surface area contributed by atoms with Gasteiger partial charge in [0.05, 0.1) is 0 Å². The fourth-order valence-electron chi connectivity index (χ4n) is 1.88. The third kappa shape index (κ3) is 3.43. The Kier molecular flexibility index (Phi) is 4.15. The highest BCUT2D eigenvalue weighted by Crippen LogP contribution is 2.23. The molecule has 8 nitrogen and oxygen atoms in total. The number of halogens is 1. The van der Waals surface area contributed by atoms with E-state index in [1.165, 1.54) is 23.7 Å². The van der Waals surface area contributed by atoms with Crippen molar-refractivity contribution in [2.24, 2.45) is 0 Å². The van der Waals surface area contributed by atoms with Gasteiger partial charge in [-0.05, 0) is 24.6 Å². The topological polar surface area (TPSA) is 97.6 Å². The molecule has 0 aliphatic rings. The minimum absolute atomic E-state index is 0.336. The summed E-state index contributed by atoms with van der Waals surface area (Å²) in [5, 5.41) is 9.91. The quantitative estimate of drug-likeness (QED) is 0.769. The van der Waals surface area contributed by atoms with Crippen LogP contribution in [0.1, 0.15) is 5.56 Å². The van der Waals surface area contributed by atoms with Crippen LogP contribution in [-0.4, -0.2) is 30.8 Å². The summed E-state index contributed by atoms with van der Waals surface area (Å²) >= 11 is 6.03.